The molecule has 2 aromatic rings. The Labute approximate surface area is 100 Å². The normalized spacial score (nSPS) is 11.5. The Hall–Kier alpha value is -1.22. The molecular weight excluding hydrogens is 222 g/mol. The maximum atomic E-state index is 5.96. The quantitative estimate of drug-likeness (QED) is 0.886. The molecule has 0 spiro atoms. The highest BCUT2D eigenvalue weighted by molar-refractivity contribution is 6.31. The third-order valence-electron chi connectivity index (χ3n) is 2.99. The molecular formula is C12H16ClN3. The number of anilines is 1. The maximum Gasteiger partial charge on any atom is 0.201 e. The van der Waals surface area contributed by atoms with Crippen molar-refractivity contribution in [2.24, 2.45) is 0 Å². The molecule has 2 N–H and O–H groups in total. The van der Waals surface area contributed by atoms with Crippen LogP contribution in [0.2, 0.25) is 5.02 Å². The molecule has 0 saturated heterocycles. The Balaban J connectivity index is 2.64. The van der Waals surface area contributed by atoms with Crippen LogP contribution in [0.25, 0.3) is 11.0 Å². The van der Waals surface area contributed by atoms with Gasteiger partial charge in [0.25, 0.3) is 0 Å². The average Bonchev–Trinajstić information content (AvgIpc) is 2.57. The number of imidazole rings is 1. The topological polar surface area (TPSA) is 43.8 Å². The van der Waals surface area contributed by atoms with Crippen LogP contribution in [0, 0.1) is 0 Å². The van der Waals surface area contributed by atoms with Crippen molar-refractivity contribution in [1.82, 2.24) is 9.55 Å². The van der Waals surface area contributed by atoms with E-state index in [0.717, 1.165) is 23.9 Å². The first-order chi connectivity index (χ1) is 7.67. The summed E-state index contributed by atoms with van der Waals surface area (Å²) in [7, 11) is 0. The molecule has 0 fully saturated rings. The molecule has 0 bridgehead atoms. The molecule has 0 aliphatic heterocycles. The van der Waals surface area contributed by atoms with Crippen LogP contribution >= 0.6 is 11.6 Å². The molecule has 0 amide bonds. The first-order valence-corrected chi connectivity index (χ1v) is 5.98. The molecule has 0 saturated carbocycles. The molecule has 0 aliphatic carbocycles. The summed E-state index contributed by atoms with van der Waals surface area (Å²) in [4.78, 5) is 4.35. The zero-order valence-electron chi connectivity index (χ0n) is 9.57. The zero-order chi connectivity index (χ0) is 11.7. The number of nitrogen functional groups attached to an aromatic ring is 1. The molecule has 1 aromatic heterocycles. The molecule has 0 aliphatic rings. The number of rotatable bonds is 3. The lowest BCUT2D eigenvalue weighted by Gasteiger charge is -2.16. The summed E-state index contributed by atoms with van der Waals surface area (Å²) in [6.07, 6.45) is 2.10. The van der Waals surface area contributed by atoms with Gasteiger partial charge in [-0.25, -0.2) is 4.98 Å². The van der Waals surface area contributed by atoms with E-state index in [1.54, 1.807) is 0 Å². The third-order valence-corrected chi connectivity index (χ3v) is 3.22. The van der Waals surface area contributed by atoms with E-state index in [1.807, 2.05) is 18.2 Å². The van der Waals surface area contributed by atoms with Gasteiger partial charge in [0, 0.05) is 11.1 Å². The summed E-state index contributed by atoms with van der Waals surface area (Å²) in [6.45, 7) is 4.32. The fraction of sp³-hybridized carbons (Fsp3) is 0.417. The molecule has 16 heavy (non-hydrogen) atoms. The van der Waals surface area contributed by atoms with E-state index < -0.39 is 0 Å². The lowest BCUT2D eigenvalue weighted by Crippen LogP contribution is -2.10. The summed E-state index contributed by atoms with van der Waals surface area (Å²) in [6, 6.07) is 6.13. The Morgan fingerprint density at radius 3 is 2.69 bits per heavy atom. The average molecular weight is 238 g/mol. The fourth-order valence-corrected chi connectivity index (χ4v) is 2.29. The minimum atomic E-state index is 0.408. The van der Waals surface area contributed by atoms with Crippen LogP contribution in [0.4, 0.5) is 5.95 Å². The SMILES string of the molecule is CCC(CC)n1c(N)nc2cc(Cl)ccc21. The zero-order valence-corrected chi connectivity index (χ0v) is 10.3. The smallest absolute Gasteiger partial charge is 0.201 e. The van der Waals surface area contributed by atoms with E-state index in [4.69, 9.17) is 17.3 Å². The third kappa shape index (κ3) is 1.76. The van der Waals surface area contributed by atoms with Gasteiger partial charge < -0.3 is 10.3 Å². The van der Waals surface area contributed by atoms with Crippen molar-refractivity contribution >= 4 is 28.6 Å². The maximum absolute atomic E-state index is 5.96. The molecule has 0 atom stereocenters. The van der Waals surface area contributed by atoms with Crippen molar-refractivity contribution in [2.75, 3.05) is 5.73 Å². The van der Waals surface area contributed by atoms with E-state index in [0.29, 0.717) is 17.0 Å². The van der Waals surface area contributed by atoms with Crippen molar-refractivity contribution in [3.63, 3.8) is 0 Å². The van der Waals surface area contributed by atoms with Gasteiger partial charge in [-0.1, -0.05) is 25.4 Å². The molecule has 2 rings (SSSR count). The van der Waals surface area contributed by atoms with Crippen LogP contribution in [-0.4, -0.2) is 9.55 Å². The number of hydrogen-bond acceptors (Lipinski definition) is 2. The summed E-state index contributed by atoms with van der Waals surface area (Å²) in [5, 5.41) is 0.696. The summed E-state index contributed by atoms with van der Waals surface area (Å²) in [5.41, 5.74) is 7.90. The number of benzene rings is 1. The number of halogens is 1. The molecule has 0 radical (unpaired) electrons. The first-order valence-electron chi connectivity index (χ1n) is 5.60. The lowest BCUT2D eigenvalue weighted by atomic mass is 10.1. The Morgan fingerprint density at radius 2 is 2.06 bits per heavy atom. The van der Waals surface area contributed by atoms with E-state index in [-0.39, 0.29) is 0 Å². The standard InChI is InChI=1S/C12H16ClN3/c1-3-9(4-2)16-11-6-5-8(13)7-10(11)15-12(16)14/h5-7,9H,3-4H2,1-2H3,(H2,14,15). The number of aromatic nitrogens is 2. The largest absolute Gasteiger partial charge is 0.369 e. The van der Waals surface area contributed by atoms with Gasteiger partial charge in [0.1, 0.15) is 0 Å². The number of fused-ring (bicyclic) bond motifs is 1. The second kappa shape index (κ2) is 4.34. The minimum Gasteiger partial charge on any atom is -0.369 e. The highest BCUT2D eigenvalue weighted by Gasteiger charge is 2.14. The summed E-state index contributed by atoms with van der Waals surface area (Å²) >= 11 is 5.94. The van der Waals surface area contributed by atoms with Gasteiger partial charge in [0.2, 0.25) is 5.95 Å². The minimum absolute atomic E-state index is 0.408. The van der Waals surface area contributed by atoms with Crippen LogP contribution in [0.3, 0.4) is 0 Å². The van der Waals surface area contributed by atoms with Gasteiger partial charge in [-0.05, 0) is 31.0 Å². The van der Waals surface area contributed by atoms with Crippen molar-refractivity contribution in [3.8, 4) is 0 Å². The van der Waals surface area contributed by atoms with Crippen molar-refractivity contribution in [2.45, 2.75) is 32.7 Å². The second-order valence-corrected chi connectivity index (χ2v) is 4.38. The highest BCUT2D eigenvalue weighted by atomic mass is 35.5. The van der Waals surface area contributed by atoms with Crippen molar-refractivity contribution < 1.29 is 0 Å². The Morgan fingerprint density at radius 1 is 1.38 bits per heavy atom. The molecule has 3 nitrogen and oxygen atoms in total. The molecule has 1 heterocycles. The van der Waals surface area contributed by atoms with Crippen molar-refractivity contribution in [1.29, 1.82) is 0 Å². The van der Waals surface area contributed by atoms with Gasteiger partial charge in [-0.2, -0.15) is 0 Å². The molecule has 4 heteroatoms. The number of hydrogen-bond donors (Lipinski definition) is 1. The van der Waals surface area contributed by atoms with E-state index in [1.165, 1.54) is 0 Å². The second-order valence-electron chi connectivity index (χ2n) is 3.94. The van der Waals surface area contributed by atoms with Crippen LogP contribution in [0.1, 0.15) is 32.7 Å². The van der Waals surface area contributed by atoms with Gasteiger partial charge >= 0.3 is 0 Å². The predicted octanol–water partition coefficient (Wildman–Crippen LogP) is 3.63. The van der Waals surface area contributed by atoms with Gasteiger partial charge in [-0.3, -0.25) is 0 Å². The molecule has 86 valence electrons. The lowest BCUT2D eigenvalue weighted by molar-refractivity contribution is 0.489. The predicted molar refractivity (Wildman–Crippen MR) is 68.8 cm³/mol. The number of nitrogens with two attached hydrogens (primary N) is 1. The van der Waals surface area contributed by atoms with E-state index >= 15 is 0 Å². The summed E-state index contributed by atoms with van der Waals surface area (Å²) in [5.74, 6) is 0.575. The Bertz CT molecular complexity index is 500. The molecule has 1 aromatic carbocycles. The molecule has 0 unspecified atom stereocenters. The van der Waals surface area contributed by atoms with E-state index in [2.05, 4.69) is 23.4 Å². The fourth-order valence-electron chi connectivity index (χ4n) is 2.13. The van der Waals surface area contributed by atoms with Crippen LogP contribution in [0.15, 0.2) is 18.2 Å². The summed E-state index contributed by atoms with van der Waals surface area (Å²) < 4.78 is 2.10. The Kier molecular flexibility index (Phi) is 3.06. The van der Waals surface area contributed by atoms with Gasteiger partial charge in [0.15, 0.2) is 0 Å². The van der Waals surface area contributed by atoms with Gasteiger partial charge in [-0.15, -0.1) is 0 Å². The number of nitrogens with zero attached hydrogens (tertiary/aromatic N) is 2. The van der Waals surface area contributed by atoms with Crippen LogP contribution in [-0.2, 0) is 0 Å². The first kappa shape index (κ1) is 11.3. The monoisotopic (exact) mass is 237 g/mol. The van der Waals surface area contributed by atoms with Crippen LogP contribution < -0.4 is 5.73 Å². The highest BCUT2D eigenvalue weighted by Crippen LogP contribution is 2.28. The van der Waals surface area contributed by atoms with Gasteiger partial charge in [0.05, 0.1) is 11.0 Å². The van der Waals surface area contributed by atoms with Crippen LogP contribution in [0.5, 0.6) is 0 Å². The van der Waals surface area contributed by atoms with E-state index in [9.17, 15) is 0 Å². The van der Waals surface area contributed by atoms with Crippen molar-refractivity contribution in [3.05, 3.63) is 23.2 Å².